The van der Waals surface area contributed by atoms with Crippen molar-refractivity contribution in [3.63, 3.8) is 0 Å². The molecule has 4 aromatic rings. The molecule has 0 radical (unpaired) electrons. The van der Waals surface area contributed by atoms with Crippen molar-refractivity contribution in [2.75, 3.05) is 18.1 Å². The van der Waals surface area contributed by atoms with Crippen LogP contribution in [0.25, 0.3) is 10.2 Å². The van der Waals surface area contributed by atoms with Gasteiger partial charge in [0.15, 0.2) is 11.7 Å². The Morgan fingerprint density at radius 2 is 1.68 bits per heavy atom. The number of thiazole rings is 1. The number of hydrogen-bond acceptors (Lipinski definition) is 5. The minimum atomic E-state index is -0.405. The van der Waals surface area contributed by atoms with E-state index in [0.29, 0.717) is 28.7 Å². The van der Waals surface area contributed by atoms with Gasteiger partial charge in [-0.15, -0.1) is 0 Å². The minimum absolute atomic E-state index is 0.167. The molecule has 0 aliphatic carbocycles. The van der Waals surface area contributed by atoms with Crippen LogP contribution >= 0.6 is 11.3 Å². The van der Waals surface area contributed by atoms with Gasteiger partial charge in [0.25, 0.3) is 5.91 Å². The van der Waals surface area contributed by atoms with E-state index in [0.717, 1.165) is 11.3 Å². The molecule has 0 bridgehead atoms. The van der Waals surface area contributed by atoms with Crippen molar-refractivity contribution in [1.29, 1.82) is 0 Å². The summed E-state index contributed by atoms with van der Waals surface area (Å²) < 4.78 is 26.0. The molecular formula is C24H21FN2O3S. The smallest absolute Gasteiger partial charge is 0.267 e. The third kappa shape index (κ3) is 5.00. The van der Waals surface area contributed by atoms with E-state index in [2.05, 4.69) is 4.98 Å². The van der Waals surface area contributed by atoms with E-state index in [1.54, 1.807) is 36.4 Å². The number of rotatable bonds is 8. The standard InChI is InChI=1S/C24H21FN2O3S/c1-2-29-18-11-13-19(14-12-18)30-16-22(28)27(15-17-7-4-3-5-8-17)24-26-23-20(25)9-6-10-21(23)31-24/h3-14H,2,15-16H2,1H3. The maximum atomic E-state index is 14.2. The van der Waals surface area contributed by atoms with E-state index in [9.17, 15) is 9.18 Å². The number of amides is 1. The highest BCUT2D eigenvalue weighted by molar-refractivity contribution is 7.22. The number of carbonyl (C=O) groups is 1. The number of ether oxygens (including phenoxy) is 2. The van der Waals surface area contributed by atoms with Gasteiger partial charge >= 0.3 is 0 Å². The number of para-hydroxylation sites is 1. The van der Waals surface area contributed by atoms with Gasteiger partial charge in [0.2, 0.25) is 0 Å². The predicted molar refractivity (Wildman–Crippen MR) is 120 cm³/mol. The SMILES string of the molecule is CCOc1ccc(OCC(=O)N(Cc2ccccc2)c2nc3c(F)cccc3s2)cc1. The maximum Gasteiger partial charge on any atom is 0.267 e. The van der Waals surface area contributed by atoms with Crippen molar-refractivity contribution in [3.05, 3.63) is 84.2 Å². The number of nitrogens with zero attached hydrogens (tertiary/aromatic N) is 2. The number of anilines is 1. The molecule has 0 aliphatic rings. The summed E-state index contributed by atoms with van der Waals surface area (Å²) in [6, 6.07) is 21.5. The Balaban J connectivity index is 1.55. The number of hydrogen-bond donors (Lipinski definition) is 0. The Morgan fingerprint density at radius 3 is 2.35 bits per heavy atom. The lowest BCUT2D eigenvalue weighted by Gasteiger charge is -2.20. The van der Waals surface area contributed by atoms with E-state index < -0.39 is 5.82 Å². The molecule has 0 unspecified atom stereocenters. The van der Waals surface area contributed by atoms with E-state index in [1.165, 1.54) is 22.3 Å². The summed E-state index contributed by atoms with van der Waals surface area (Å²) in [5.74, 6) is 0.630. The highest BCUT2D eigenvalue weighted by Gasteiger charge is 2.21. The van der Waals surface area contributed by atoms with Gasteiger partial charge in [0.05, 0.1) is 17.9 Å². The van der Waals surface area contributed by atoms with Crippen LogP contribution in [0.4, 0.5) is 9.52 Å². The Morgan fingerprint density at radius 1 is 0.968 bits per heavy atom. The van der Waals surface area contributed by atoms with E-state index >= 15 is 0 Å². The average Bonchev–Trinajstić information content (AvgIpc) is 3.23. The third-order valence-electron chi connectivity index (χ3n) is 4.57. The van der Waals surface area contributed by atoms with Gasteiger partial charge in [0, 0.05) is 0 Å². The second kappa shape index (κ2) is 9.57. The number of halogens is 1. The lowest BCUT2D eigenvalue weighted by Crippen LogP contribution is -2.34. The molecule has 3 aromatic carbocycles. The molecule has 1 aromatic heterocycles. The molecule has 0 aliphatic heterocycles. The maximum absolute atomic E-state index is 14.2. The quantitative estimate of drug-likeness (QED) is 0.369. The zero-order valence-corrected chi connectivity index (χ0v) is 17.8. The van der Waals surface area contributed by atoms with Crippen LogP contribution < -0.4 is 14.4 Å². The predicted octanol–water partition coefficient (Wildman–Crippen LogP) is 5.45. The molecule has 0 spiro atoms. The third-order valence-corrected chi connectivity index (χ3v) is 5.61. The summed E-state index contributed by atoms with van der Waals surface area (Å²) in [6.07, 6.45) is 0. The average molecular weight is 437 g/mol. The molecule has 0 fully saturated rings. The van der Waals surface area contributed by atoms with Crippen molar-refractivity contribution < 1.29 is 18.7 Å². The van der Waals surface area contributed by atoms with Gasteiger partial charge < -0.3 is 9.47 Å². The van der Waals surface area contributed by atoms with E-state index in [-0.39, 0.29) is 18.0 Å². The van der Waals surface area contributed by atoms with Crippen LogP contribution in [-0.4, -0.2) is 24.1 Å². The monoisotopic (exact) mass is 436 g/mol. The zero-order chi connectivity index (χ0) is 21.6. The lowest BCUT2D eigenvalue weighted by molar-refractivity contribution is -0.120. The van der Waals surface area contributed by atoms with Gasteiger partial charge in [0.1, 0.15) is 22.8 Å². The molecule has 5 nitrogen and oxygen atoms in total. The van der Waals surface area contributed by atoms with Crippen LogP contribution in [0.2, 0.25) is 0 Å². The van der Waals surface area contributed by atoms with Crippen molar-refractivity contribution in [2.45, 2.75) is 13.5 Å². The highest BCUT2D eigenvalue weighted by atomic mass is 32.1. The topological polar surface area (TPSA) is 51.7 Å². The normalized spacial score (nSPS) is 10.8. The fourth-order valence-electron chi connectivity index (χ4n) is 3.07. The van der Waals surface area contributed by atoms with Crippen LogP contribution in [0, 0.1) is 5.82 Å². The number of benzene rings is 3. The molecule has 0 saturated heterocycles. The van der Waals surface area contributed by atoms with Crippen molar-refractivity contribution in [1.82, 2.24) is 4.98 Å². The van der Waals surface area contributed by atoms with Gasteiger partial charge in [-0.25, -0.2) is 9.37 Å². The Labute approximate surface area is 183 Å². The summed E-state index contributed by atoms with van der Waals surface area (Å²) in [5.41, 5.74) is 1.21. The molecule has 7 heteroatoms. The Bertz CT molecular complexity index is 1160. The van der Waals surface area contributed by atoms with Crippen LogP contribution in [0.3, 0.4) is 0 Å². The largest absolute Gasteiger partial charge is 0.494 e. The summed E-state index contributed by atoms with van der Waals surface area (Å²) in [5, 5.41) is 0.434. The summed E-state index contributed by atoms with van der Waals surface area (Å²) >= 11 is 1.28. The number of aromatic nitrogens is 1. The second-order valence-corrected chi connectivity index (χ2v) is 7.75. The van der Waals surface area contributed by atoms with Crippen LogP contribution in [0.5, 0.6) is 11.5 Å². The number of fused-ring (bicyclic) bond motifs is 1. The fourth-order valence-corrected chi connectivity index (χ4v) is 4.07. The minimum Gasteiger partial charge on any atom is -0.494 e. The highest BCUT2D eigenvalue weighted by Crippen LogP contribution is 2.31. The van der Waals surface area contributed by atoms with Crippen molar-refractivity contribution in [3.8, 4) is 11.5 Å². The van der Waals surface area contributed by atoms with E-state index in [4.69, 9.17) is 9.47 Å². The number of carbonyl (C=O) groups excluding carboxylic acids is 1. The van der Waals surface area contributed by atoms with Crippen LogP contribution in [-0.2, 0) is 11.3 Å². The van der Waals surface area contributed by atoms with Gasteiger partial charge in [-0.05, 0) is 48.9 Å². The molecule has 1 amide bonds. The molecule has 0 saturated carbocycles. The molecule has 1 heterocycles. The first-order valence-corrected chi connectivity index (χ1v) is 10.7. The molecule has 0 atom stereocenters. The molecule has 31 heavy (non-hydrogen) atoms. The summed E-state index contributed by atoms with van der Waals surface area (Å²) in [7, 11) is 0. The summed E-state index contributed by atoms with van der Waals surface area (Å²) in [6.45, 7) is 2.64. The molecular weight excluding hydrogens is 415 g/mol. The van der Waals surface area contributed by atoms with Crippen LogP contribution in [0.15, 0.2) is 72.8 Å². The van der Waals surface area contributed by atoms with Crippen LogP contribution in [0.1, 0.15) is 12.5 Å². The lowest BCUT2D eigenvalue weighted by atomic mass is 10.2. The summed E-state index contributed by atoms with van der Waals surface area (Å²) in [4.78, 5) is 19.0. The van der Waals surface area contributed by atoms with Gasteiger partial charge in [-0.2, -0.15) is 0 Å². The second-order valence-electron chi connectivity index (χ2n) is 6.74. The fraction of sp³-hybridized carbons (Fsp3) is 0.167. The first-order valence-electron chi connectivity index (χ1n) is 9.89. The van der Waals surface area contributed by atoms with Crippen molar-refractivity contribution in [2.24, 2.45) is 0 Å². The van der Waals surface area contributed by atoms with Gasteiger partial charge in [-0.1, -0.05) is 47.7 Å². The molecule has 0 N–H and O–H groups in total. The zero-order valence-electron chi connectivity index (χ0n) is 17.0. The Kier molecular flexibility index (Phi) is 6.43. The molecule has 158 valence electrons. The first kappa shape index (κ1) is 20.8. The van der Waals surface area contributed by atoms with Gasteiger partial charge in [-0.3, -0.25) is 9.69 Å². The molecule has 4 rings (SSSR count). The Hall–Kier alpha value is -3.45. The first-order chi connectivity index (χ1) is 15.1. The van der Waals surface area contributed by atoms with E-state index in [1.807, 2.05) is 37.3 Å². The van der Waals surface area contributed by atoms with Crippen molar-refractivity contribution >= 4 is 32.6 Å².